The number of cyclic esters (lactones) is 1. The van der Waals surface area contributed by atoms with Crippen molar-refractivity contribution < 1.29 is 28.9 Å². The number of likely N-dealkylation sites (tertiary alicyclic amines) is 1. The monoisotopic (exact) mass is 513 g/mol. The number of hydrogen-bond acceptors (Lipinski definition) is 7. The second-order valence-corrected chi connectivity index (χ2v) is 10.2. The molecule has 3 heterocycles. The highest BCUT2D eigenvalue weighted by Gasteiger charge is 2.42. The predicted molar refractivity (Wildman–Crippen MR) is 135 cm³/mol. The number of aromatic nitrogens is 1. The lowest BCUT2D eigenvalue weighted by molar-refractivity contribution is -0.165. The minimum Gasteiger partial charge on any atom is -0.462 e. The molecular weight excluding hydrogens is 477 g/mol. The summed E-state index contributed by atoms with van der Waals surface area (Å²) in [4.78, 5) is 34.2. The predicted octanol–water partition coefficient (Wildman–Crippen LogP) is 2.78. The van der Waals surface area contributed by atoms with Gasteiger partial charge in [-0.15, -0.1) is 0 Å². The van der Waals surface area contributed by atoms with Crippen molar-refractivity contribution in [3.8, 4) is 0 Å². The highest BCUT2D eigenvalue weighted by atomic mass is 19.1. The highest BCUT2D eigenvalue weighted by Crippen LogP contribution is 2.38. The average molecular weight is 514 g/mol. The molecule has 8 nitrogen and oxygen atoms in total. The normalized spacial score (nSPS) is 24.0. The van der Waals surface area contributed by atoms with E-state index >= 15 is 0 Å². The van der Waals surface area contributed by atoms with E-state index in [9.17, 15) is 24.2 Å². The zero-order valence-corrected chi connectivity index (χ0v) is 21.1. The molecule has 0 bridgehead atoms. The summed E-state index contributed by atoms with van der Waals surface area (Å²) in [6.45, 7) is 2.49. The summed E-state index contributed by atoms with van der Waals surface area (Å²) in [6, 6.07) is 9.82. The summed E-state index contributed by atoms with van der Waals surface area (Å²) in [5.74, 6) is -1.37. The van der Waals surface area contributed by atoms with Gasteiger partial charge in [-0.25, -0.2) is 4.39 Å². The first-order valence-corrected chi connectivity index (χ1v) is 13.1. The molecule has 2 aliphatic heterocycles. The summed E-state index contributed by atoms with van der Waals surface area (Å²) in [6.07, 6.45) is 4.40. The lowest BCUT2D eigenvalue weighted by atomic mass is 9.74. The van der Waals surface area contributed by atoms with Crippen molar-refractivity contribution in [3.63, 3.8) is 0 Å². The van der Waals surface area contributed by atoms with Gasteiger partial charge in [-0.3, -0.25) is 19.5 Å². The molecule has 1 aromatic heterocycles. The van der Waals surface area contributed by atoms with Crippen molar-refractivity contribution >= 4 is 11.9 Å². The van der Waals surface area contributed by atoms with E-state index in [4.69, 9.17) is 4.74 Å². The maximum Gasteiger partial charge on any atom is 0.312 e. The van der Waals surface area contributed by atoms with Crippen LogP contribution in [-0.2, 0) is 16.1 Å². The van der Waals surface area contributed by atoms with E-state index in [1.807, 2.05) is 12.1 Å². The highest BCUT2D eigenvalue weighted by molar-refractivity contribution is 5.94. The Morgan fingerprint density at radius 3 is 2.46 bits per heavy atom. The molecule has 1 spiro atoms. The number of pyridine rings is 1. The summed E-state index contributed by atoms with van der Waals surface area (Å²) in [5, 5.41) is 20.9. The van der Waals surface area contributed by atoms with Crippen molar-refractivity contribution in [2.75, 3.05) is 32.8 Å². The standard InChI is InChI=1S/C28H36FN3O5/c29-23-6-2-1-5-22(23)26(35)32-15-4-3-10-28(27(36)37-20-25(34)24(33)9-16-32)11-17-31(18-12-28)19-21-7-13-30-14-8-21/h1-2,5-8,13-14,24-25,33-34H,3-4,9-12,15-20H2/t24-,25+/m0/s1. The lowest BCUT2D eigenvalue weighted by Crippen LogP contribution is -2.45. The third kappa shape index (κ3) is 6.91. The van der Waals surface area contributed by atoms with Crippen LogP contribution in [-0.4, -0.2) is 81.9 Å². The van der Waals surface area contributed by atoms with Gasteiger partial charge in [0.15, 0.2) is 0 Å². The van der Waals surface area contributed by atoms with E-state index in [-0.39, 0.29) is 31.1 Å². The number of hydrogen-bond donors (Lipinski definition) is 2. The Hall–Kier alpha value is -2.88. The number of carbonyl (C=O) groups is 2. The molecule has 0 unspecified atom stereocenters. The van der Waals surface area contributed by atoms with Crippen LogP contribution >= 0.6 is 0 Å². The fourth-order valence-electron chi connectivity index (χ4n) is 5.23. The van der Waals surface area contributed by atoms with Crippen LogP contribution < -0.4 is 0 Å². The third-order valence-electron chi connectivity index (χ3n) is 7.65. The van der Waals surface area contributed by atoms with Crippen molar-refractivity contribution in [2.45, 2.75) is 57.3 Å². The number of ether oxygens (including phenoxy) is 1. The Balaban J connectivity index is 1.44. The van der Waals surface area contributed by atoms with E-state index in [0.717, 1.165) is 19.6 Å². The van der Waals surface area contributed by atoms with Crippen LogP contribution in [0.2, 0.25) is 0 Å². The van der Waals surface area contributed by atoms with Gasteiger partial charge in [0.2, 0.25) is 0 Å². The van der Waals surface area contributed by atoms with E-state index in [2.05, 4.69) is 9.88 Å². The summed E-state index contributed by atoms with van der Waals surface area (Å²) in [5.41, 5.74) is 0.479. The first kappa shape index (κ1) is 27.2. The quantitative estimate of drug-likeness (QED) is 0.609. The van der Waals surface area contributed by atoms with Crippen molar-refractivity contribution in [1.82, 2.24) is 14.8 Å². The number of rotatable bonds is 3. The van der Waals surface area contributed by atoms with Gasteiger partial charge in [0.1, 0.15) is 18.5 Å². The zero-order valence-electron chi connectivity index (χ0n) is 21.1. The van der Waals surface area contributed by atoms with Gasteiger partial charge < -0.3 is 19.8 Å². The number of halogens is 1. The molecule has 2 fully saturated rings. The average Bonchev–Trinajstić information content (AvgIpc) is 2.92. The maximum absolute atomic E-state index is 14.3. The molecule has 9 heteroatoms. The molecule has 0 radical (unpaired) electrons. The fraction of sp³-hybridized carbons (Fsp3) is 0.536. The van der Waals surface area contributed by atoms with Crippen molar-refractivity contribution in [2.24, 2.45) is 5.41 Å². The van der Waals surface area contributed by atoms with Crippen LogP contribution in [0.15, 0.2) is 48.8 Å². The van der Waals surface area contributed by atoms with Crippen molar-refractivity contribution in [3.05, 3.63) is 65.7 Å². The van der Waals surface area contributed by atoms with Gasteiger partial charge in [0.05, 0.1) is 17.1 Å². The minimum atomic E-state index is -1.26. The Bertz CT molecular complexity index is 1050. The number of amides is 1. The van der Waals surface area contributed by atoms with Crippen LogP contribution in [0.1, 0.15) is 54.4 Å². The number of benzene rings is 1. The molecule has 2 N–H and O–H groups in total. The smallest absolute Gasteiger partial charge is 0.312 e. The number of nitrogens with zero attached hydrogens (tertiary/aromatic N) is 3. The fourth-order valence-corrected chi connectivity index (χ4v) is 5.23. The number of carbonyl (C=O) groups excluding carboxylic acids is 2. The second-order valence-electron chi connectivity index (χ2n) is 10.2. The van der Waals surface area contributed by atoms with E-state index in [0.29, 0.717) is 38.6 Å². The Morgan fingerprint density at radius 2 is 1.73 bits per heavy atom. The van der Waals surface area contributed by atoms with Crippen LogP contribution in [0.3, 0.4) is 0 Å². The van der Waals surface area contributed by atoms with Gasteiger partial charge >= 0.3 is 5.97 Å². The number of aliphatic hydroxyl groups excluding tert-OH is 2. The van der Waals surface area contributed by atoms with Gasteiger partial charge in [-0.1, -0.05) is 18.6 Å². The second kappa shape index (κ2) is 12.6. The molecule has 2 saturated heterocycles. The molecule has 2 aliphatic rings. The topological polar surface area (TPSA) is 103 Å². The van der Waals surface area contributed by atoms with Crippen LogP contribution in [0.4, 0.5) is 4.39 Å². The molecule has 0 aliphatic carbocycles. The third-order valence-corrected chi connectivity index (χ3v) is 7.65. The minimum absolute atomic E-state index is 0.0154. The number of aliphatic hydroxyl groups is 2. The first-order valence-electron chi connectivity index (χ1n) is 13.1. The van der Waals surface area contributed by atoms with E-state index in [1.165, 1.54) is 28.7 Å². The Kier molecular flexibility index (Phi) is 9.23. The SMILES string of the molecule is O=C(c1ccccc1F)N1CCCCC2(CCN(Cc3ccncc3)CC2)C(=O)OC[C@@H](O)[C@@H](O)CC1. The van der Waals surface area contributed by atoms with Gasteiger partial charge in [-0.05, 0) is 75.0 Å². The molecular formula is C28H36FN3O5. The van der Waals surface area contributed by atoms with Gasteiger partial charge in [0, 0.05) is 32.0 Å². The van der Waals surface area contributed by atoms with Crippen LogP contribution in [0, 0.1) is 11.2 Å². The van der Waals surface area contributed by atoms with Crippen LogP contribution in [0.25, 0.3) is 0 Å². The molecule has 0 saturated carbocycles. The zero-order chi connectivity index (χ0) is 26.3. The summed E-state index contributed by atoms with van der Waals surface area (Å²) >= 11 is 0. The molecule has 2 aromatic rings. The molecule has 2 atom stereocenters. The number of esters is 1. The molecule has 200 valence electrons. The van der Waals surface area contributed by atoms with E-state index < -0.39 is 29.3 Å². The number of piperidine rings is 1. The maximum atomic E-state index is 14.3. The van der Waals surface area contributed by atoms with Crippen LogP contribution in [0.5, 0.6) is 0 Å². The van der Waals surface area contributed by atoms with Gasteiger partial charge in [-0.2, -0.15) is 0 Å². The molecule has 37 heavy (non-hydrogen) atoms. The Labute approximate surface area is 217 Å². The lowest BCUT2D eigenvalue weighted by Gasteiger charge is -2.40. The van der Waals surface area contributed by atoms with E-state index in [1.54, 1.807) is 18.5 Å². The summed E-state index contributed by atoms with van der Waals surface area (Å²) < 4.78 is 19.8. The first-order chi connectivity index (χ1) is 17.9. The molecule has 4 rings (SSSR count). The molecule has 1 aromatic carbocycles. The van der Waals surface area contributed by atoms with Gasteiger partial charge in [0.25, 0.3) is 5.91 Å². The van der Waals surface area contributed by atoms with Crippen molar-refractivity contribution in [1.29, 1.82) is 0 Å². The Morgan fingerprint density at radius 1 is 1.00 bits per heavy atom. The largest absolute Gasteiger partial charge is 0.462 e. The molecule has 1 amide bonds. The summed E-state index contributed by atoms with van der Waals surface area (Å²) in [7, 11) is 0.